The molecule has 0 radical (unpaired) electrons. The Kier molecular flexibility index (Phi) is 3.37. The average molecular weight is 227 g/mol. The second-order valence-corrected chi connectivity index (χ2v) is 3.49. The molecule has 17 heavy (non-hydrogen) atoms. The minimum atomic E-state index is -0.408. The fourth-order valence-corrected chi connectivity index (χ4v) is 1.40. The van der Waals surface area contributed by atoms with Gasteiger partial charge in [-0.2, -0.15) is 0 Å². The predicted octanol–water partition coefficient (Wildman–Crippen LogP) is 3.96. The first-order chi connectivity index (χ1) is 8.29. The molecular formula is C14H10FNO. The Bertz CT molecular complexity index is 546. The van der Waals surface area contributed by atoms with Gasteiger partial charge in [0.2, 0.25) is 0 Å². The van der Waals surface area contributed by atoms with E-state index in [-0.39, 0.29) is 6.61 Å². The second-order valence-electron chi connectivity index (χ2n) is 3.49. The molecule has 0 bridgehead atoms. The van der Waals surface area contributed by atoms with E-state index in [4.69, 9.17) is 11.3 Å². The Morgan fingerprint density at radius 3 is 2.53 bits per heavy atom. The van der Waals surface area contributed by atoms with Crippen LogP contribution in [-0.4, -0.2) is 0 Å². The lowest BCUT2D eigenvalue weighted by molar-refractivity contribution is 0.300. The van der Waals surface area contributed by atoms with Crippen LogP contribution < -0.4 is 4.74 Å². The van der Waals surface area contributed by atoms with Crippen molar-refractivity contribution in [2.24, 2.45) is 0 Å². The van der Waals surface area contributed by atoms with E-state index in [9.17, 15) is 4.39 Å². The van der Waals surface area contributed by atoms with Gasteiger partial charge in [-0.05, 0) is 18.2 Å². The van der Waals surface area contributed by atoms with Crippen molar-refractivity contribution in [1.29, 1.82) is 0 Å². The number of halogens is 1. The maximum atomic E-state index is 13.5. The van der Waals surface area contributed by atoms with Crippen LogP contribution in [0.4, 0.5) is 10.1 Å². The molecule has 0 unspecified atom stereocenters. The van der Waals surface area contributed by atoms with Crippen LogP contribution in [0.15, 0.2) is 48.5 Å². The highest BCUT2D eigenvalue weighted by Crippen LogP contribution is 2.19. The summed E-state index contributed by atoms with van der Waals surface area (Å²) in [4.78, 5) is 3.16. The van der Waals surface area contributed by atoms with Crippen LogP contribution in [-0.2, 0) is 6.61 Å². The monoisotopic (exact) mass is 227 g/mol. The Balaban J connectivity index is 2.08. The topological polar surface area (TPSA) is 13.6 Å². The summed E-state index contributed by atoms with van der Waals surface area (Å²) in [6, 6.07) is 13.6. The zero-order valence-corrected chi connectivity index (χ0v) is 9.06. The molecule has 0 amide bonds. The van der Waals surface area contributed by atoms with E-state index in [1.807, 2.05) is 30.3 Å². The number of para-hydroxylation sites is 1. The number of hydrogen-bond acceptors (Lipinski definition) is 1. The van der Waals surface area contributed by atoms with Gasteiger partial charge in [0.15, 0.2) is 5.69 Å². The summed E-state index contributed by atoms with van der Waals surface area (Å²) in [6.07, 6.45) is 0. The smallest absolute Gasteiger partial charge is 0.190 e. The minimum Gasteiger partial charge on any atom is -0.489 e. The maximum Gasteiger partial charge on any atom is 0.190 e. The molecule has 0 heterocycles. The van der Waals surface area contributed by atoms with Gasteiger partial charge in [-0.15, -0.1) is 0 Å². The predicted molar refractivity (Wildman–Crippen MR) is 63.4 cm³/mol. The molecule has 0 saturated heterocycles. The van der Waals surface area contributed by atoms with Crippen molar-refractivity contribution in [3.05, 3.63) is 71.3 Å². The summed E-state index contributed by atoms with van der Waals surface area (Å²) in [7, 11) is 0. The zero-order valence-electron chi connectivity index (χ0n) is 9.06. The normalized spacial score (nSPS) is 9.65. The SMILES string of the molecule is [C-]#[N+]c1ccc(COc2ccccc2)c(F)c1. The van der Waals surface area contributed by atoms with Gasteiger partial charge in [0.05, 0.1) is 6.57 Å². The number of rotatable bonds is 3. The summed E-state index contributed by atoms with van der Waals surface area (Å²) in [5.41, 5.74) is 0.743. The van der Waals surface area contributed by atoms with Crippen LogP contribution >= 0.6 is 0 Å². The van der Waals surface area contributed by atoms with Crippen molar-refractivity contribution < 1.29 is 9.13 Å². The molecular weight excluding hydrogens is 217 g/mol. The Labute approximate surface area is 99.1 Å². The van der Waals surface area contributed by atoms with E-state index in [0.717, 1.165) is 0 Å². The van der Waals surface area contributed by atoms with Crippen molar-refractivity contribution in [2.75, 3.05) is 0 Å². The van der Waals surface area contributed by atoms with Crippen molar-refractivity contribution in [3.63, 3.8) is 0 Å². The minimum absolute atomic E-state index is 0.161. The molecule has 0 aliphatic carbocycles. The maximum absolute atomic E-state index is 13.5. The van der Waals surface area contributed by atoms with Gasteiger partial charge in [-0.25, -0.2) is 9.24 Å². The highest BCUT2D eigenvalue weighted by Gasteiger charge is 2.04. The van der Waals surface area contributed by atoms with Gasteiger partial charge in [0.25, 0.3) is 0 Å². The van der Waals surface area contributed by atoms with Crippen molar-refractivity contribution in [2.45, 2.75) is 6.61 Å². The molecule has 0 fully saturated rings. The van der Waals surface area contributed by atoms with E-state index in [2.05, 4.69) is 4.85 Å². The van der Waals surface area contributed by atoms with Crippen molar-refractivity contribution in [1.82, 2.24) is 0 Å². The first-order valence-corrected chi connectivity index (χ1v) is 5.13. The first kappa shape index (κ1) is 11.2. The average Bonchev–Trinajstić information content (AvgIpc) is 2.38. The molecule has 0 atom stereocenters. The molecule has 84 valence electrons. The number of ether oxygens (including phenoxy) is 1. The van der Waals surface area contributed by atoms with Crippen LogP contribution in [0.3, 0.4) is 0 Å². The molecule has 0 aliphatic heterocycles. The third-order valence-corrected chi connectivity index (χ3v) is 2.30. The molecule has 2 rings (SSSR count). The molecule has 0 N–H and O–H groups in total. The van der Waals surface area contributed by atoms with Gasteiger partial charge in [-0.1, -0.05) is 30.3 Å². The number of benzene rings is 2. The molecule has 2 aromatic carbocycles. The standard InChI is InChI=1S/C14H10FNO/c1-16-12-8-7-11(14(15)9-12)10-17-13-5-3-2-4-6-13/h2-9H,10H2. The van der Waals surface area contributed by atoms with E-state index in [0.29, 0.717) is 17.0 Å². The largest absolute Gasteiger partial charge is 0.489 e. The van der Waals surface area contributed by atoms with E-state index < -0.39 is 5.82 Å². The van der Waals surface area contributed by atoms with Crippen LogP contribution in [0.5, 0.6) is 5.75 Å². The molecule has 0 aliphatic rings. The first-order valence-electron chi connectivity index (χ1n) is 5.13. The highest BCUT2D eigenvalue weighted by molar-refractivity contribution is 5.46. The summed E-state index contributed by atoms with van der Waals surface area (Å²) in [5.74, 6) is 0.288. The summed E-state index contributed by atoms with van der Waals surface area (Å²) < 4.78 is 18.9. The second kappa shape index (κ2) is 5.13. The van der Waals surface area contributed by atoms with E-state index in [1.165, 1.54) is 6.07 Å². The van der Waals surface area contributed by atoms with E-state index in [1.54, 1.807) is 12.1 Å². The number of hydrogen-bond donors (Lipinski definition) is 0. The summed E-state index contributed by atoms with van der Waals surface area (Å²) in [5, 5.41) is 0. The Hall–Kier alpha value is -2.34. The van der Waals surface area contributed by atoms with Crippen LogP contribution in [0.25, 0.3) is 4.85 Å². The summed E-state index contributed by atoms with van der Waals surface area (Å²) >= 11 is 0. The number of nitrogens with zero attached hydrogens (tertiary/aromatic N) is 1. The quantitative estimate of drug-likeness (QED) is 0.724. The fraction of sp³-hybridized carbons (Fsp3) is 0.0714. The summed E-state index contributed by atoms with van der Waals surface area (Å²) in [6.45, 7) is 6.94. The van der Waals surface area contributed by atoms with Crippen molar-refractivity contribution in [3.8, 4) is 5.75 Å². The van der Waals surface area contributed by atoms with Crippen LogP contribution in [0.1, 0.15) is 5.56 Å². The van der Waals surface area contributed by atoms with E-state index >= 15 is 0 Å². The van der Waals surface area contributed by atoms with Gasteiger partial charge in [0, 0.05) is 5.56 Å². The zero-order chi connectivity index (χ0) is 12.1. The van der Waals surface area contributed by atoms with Crippen LogP contribution in [0, 0.1) is 12.4 Å². The van der Waals surface area contributed by atoms with Gasteiger partial charge >= 0.3 is 0 Å². The molecule has 0 aromatic heterocycles. The third kappa shape index (κ3) is 2.82. The third-order valence-electron chi connectivity index (χ3n) is 2.30. The lowest BCUT2D eigenvalue weighted by atomic mass is 10.2. The molecule has 2 aromatic rings. The van der Waals surface area contributed by atoms with Gasteiger partial charge in [-0.3, -0.25) is 0 Å². The van der Waals surface area contributed by atoms with Crippen LogP contribution in [0.2, 0.25) is 0 Å². The van der Waals surface area contributed by atoms with Crippen molar-refractivity contribution >= 4 is 5.69 Å². The van der Waals surface area contributed by atoms with Gasteiger partial charge < -0.3 is 4.74 Å². The Morgan fingerprint density at radius 1 is 1.12 bits per heavy atom. The molecule has 0 saturated carbocycles. The van der Waals surface area contributed by atoms with Gasteiger partial charge in [0.1, 0.15) is 18.2 Å². The fourth-order valence-electron chi connectivity index (χ4n) is 1.40. The molecule has 3 heteroatoms. The Morgan fingerprint density at radius 2 is 1.88 bits per heavy atom. The molecule has 2 nitrogen and oxygen atoms in total. The molecule has 0 spiro atoms. The lowest BCUT2D eigenvalue weighted by Crippen LogP contribution is -1.97. The lowest BCUT2D eigenvalue weighted by Gasteiger charge is -2.07. The highest BCUT2D eigenvalue weighted by atomic mass is 19.1.